The normalized spacial score (nSPS) is 28.8. The molecule has 0 radical (unpaired) electrons. The maximum absolute atomic E-state index is 12.6. The van der Waals surface area contributed by atoms with Gasteiger partial charge in [-0.3, -0.25) is 0 Å². The number of fused-ring (bicyclic) bond motifs is 1. The van der Waals surface area contributed by atoms with Crippen molar-refractivity contribution in [2.75, 3.05) is 19.6 Å². The summed E-state index contributed by atoms with van der Waals surface area (Å²) in [5.74, 6) is 0.424. The highest BCUT2D eigenvalue weighted by molar-refractivity contribution is 7.89. The number of nitrogens with zero attached hydrogens (tertiary/aromatic N) is 1. The van der Waals surface area contributed by atoms with E-state index in [0.29, 0.717) is 16.8 Å². The largest absolute Gasteiger partial charge is 0.315 e. The number of nitrogens with one attached hydrogen (secondary N) is 1. The van der Waals surface area contributed by atoms with Crippen LogP contribution in [-0.4, -0.2) is 38.4 Å². The predicted octanol–water partition coefficient (Wildman–Crippen LogP) is 2.04. The minimum absolute atomic E-state index is 0.0599. The van der Waals surface area contributed by atoms with Crippen LogP contribution in [0, 0.1) is 5.92 Å². The van der Waals surface area contributed by atoms with Crippen molar-refractivity contribution in [1.29, 1.82) is 0 Å². The highest BCUT2D eigenvalue weighted by Gasteiger charge is 2.44. The van der Waals surface area contributed by atoms with Gasteiger partial charge in [0.15, 0.2) is 0 Å². The van der Waals surface area contributed by atoms with E-state index in [1.165, 1.54) is 6.07 Å². The summed E-state index contributed by atoms with van der Waals surface area (Å²) in [6.45, 7) is 2.19. The van der Waals surface area contributed by atoms with E-state index in [1.807, 2.05) is 0 Å². The highest BCUT2D eigenvalue weighted by atomic mass is 35.5. The Morgan fingerprint density at radius 3 is 2.83 bits per heavy atom. The van der Waals surface area contributed by atoms with E-state index in [2.05, 4.69) is 5.32 Å². The van der Waals surface area contributed by atoms with Gasteiger partial charge in [-0.2, -0.15) is 4.31 Å². The zero-order valence-electron chi connectivity index (χ0n) is 9.40. The zero-order chi connectivity index (χ0) is 12.9. The lowest BCUT2D eigenvalue weighted by Gasteiger charge is -2.22. The van der Waals surface area contributed by atoms with Crippen molar-refractivity contribution in [2.24, 2.45) is 5.92 Å². The van der Waals surface area contributed by atoms with Crippen LogP contribution in [0.15, 0.2) is 11.0 Å². The van der Waals surface area contributed by atoms with Gasteiger partial charge < -0.3 is 5.32 Å². The molecule has 0 amide bonds. The van der Waals surface area contributed by atoms with E-state index < -0.39 is 10.0 Å². The number of hydrogen-bond acceptors (Lipinski definition) is 4. The van der Waals surface area contributed by atoms with Gasteiger partial charge >= 0.3 is 0 Å². The lowest BCUT2D eigenvalue weighted by Crippen LogP contribution is -2.38. The van der Waals surface area contributed by atoms with Gasteiger partial charge in [0.05, 0.1) is 4.34 Å². The minimum Gasteiger partial charge on any atom is -0.315 e. The van der Waals surface area contributed by atoms with Gasteiger partial charge in [-0.05, 0) is 24.9 Å². The SMILES string of the molecule is O=S(=O)(c1cc(Cl)sc1Cl)N1CC[C@H]2CNC[C@H]21. The minimum atomic E-state index is -3.52. The molecule has 100 valence electrons. The molecular formula is C10H12Cl2N2O2S2. The molecule has 0 saturated carbocycles. The van der Waals surface area contributed by atoms with Crippen LogP contribution in [0.1, 0.15) is 6.42 Å². The van der Waals surface area contributed by atoms with E-state index in [1.54, 1.807) is 4.31 Å². The molecule has 3 rings (SSSR count). The van der Waals surface area contributed by atoms with E-state index in [4.69, 9.17) is 23.2 Å². The monoisotopic (exact) mass is 326 g/mol. The fourth-order valence-electron chi connectivity index (χ4n) is 2.74. The first-order chi connectivity index (χ1) is 8.50. The van der Waals surface area contributed by atoms with Crippen LogP contribution in [0.2, 0.25) is 8.67 Å². The fourth-order valence-corrected chi connectivity index (χ4v) is 6.55. The molecule has 1 aromatic heterocycles. The van der Waals surface area contributed by atoms with E-state index in [-0.39, 0.29) is 15.3 Å². The van der Waals surface area contributed by atoms with Gasteiger partial charge in [0.1, 0.15) is 9.23 Å². The molecule has 18 heavy (non-hydrogen) atoms. The molecule has 0 unspecified atom stereocenters. The Kier molecular flexibility index (Phi) is 3.37. The number of rotatable bonds is 2. The second-order valence-corrected chi connectivity index (χ2v) is 8.72. The van der Waals surface area contributed by atoms with Gasteiger partial charge in [0.2, 0.25) is 10.0 Å². The lowest BCUT2D eigenvalue weighted by molar-refractivity contribution is 0.383. The molecule has 0 aromatic carbocycles. The van der Waals surface area contributed by atoms with Crippen LogP contribution in [0.5, 0.6) is 0 Å². The van der Waals surface area contributed by atoms with Crippen molar-refractivity contribution in [1.82, 2.24) is 9.62 Å². The van der Waals surface area contributed by atoms with Gasteiger partial charge in [-0.15, -0.1) is 11.3 Å². The number of thiophene rings is 1. The van der Waals surface area contributed by atoms with Crippen LogP contribution in [0.25, 0.3) is 0 Å². The molecule has 0 bridgehead atoms. The van der Waals surface area contributed by atoms with E-state index in [9.17, 15) is 8.42 Å². The Morgan fingerprint density at radius 2 is 2.17 bits per heavy atom. The number of hydrogen-bond donors (Lipinski definition) is 1. The molecule has 2 aliphatic heterocycles. The molecule has 3 heterocycles. The molecule has 2 atom stereocenters. The third-order valence-corrected chi connectivity index (χ3v) is 7.28. The quantitative estimate of drug-likeness (QED) is 0.904. The van der Waals surface area contributed by atoms with Crippen LogP contribution in [0.4, 0.5) is 0 Å². The van der Waals surface area contributed by atoms with Crippen LogP contribution in [0.3, 0.4) is 0 Å². The molecule has 4 nitrogen and oxygen atoms in total. The topological polar surface area (TPSA) is 49.4 Å². The lowest BCUT2D eigenvalue weighted by atomic mass is 10.1. The molecular weight excluding hydrogens is 315 g/mol. The summed E-state index contributed by atoms with van der Waals surface area (Å²) in [6.07, 6.45) is 0.909. The van der Waals surface area contributed by atoms with E-state index >= 15 is 0 Å². The van der Waals surface area contributed by atoms with Crippen molar-refractivity contribution in [3.8, 4) is 0 Å². The summed E-state index contributed by atoms with van der Waals surface area (Å²) in [7, 11) is -3.52. The van der Waals surface area contributed by atoms with Gasteiger partial charge in [0.25, 0.3) is 0 Å². The second kappa shape index (κ2) is 4.61. The predicted molar refractivity (Wildman–Crippen MR) is 73.0 cm³/mol. The third kappa shape index (κ3) is 1.99. The Labute approximate surface area is 120 Å². The van der Waals surface area contributed by atoms with Gasteiger partial charge in [0, 0.05) is 19.1 Å². The number of halogens is 2. The first-order valence-corrected chi connectivity index (χ1v) is 8.69. The van der Waals surface area contributed by atoms with Crippen molar-refractivity contribution in [3.63, 3.8) is 0 Å². The molecule has 8 heteroatoms. The average Bonchev–Trinajstić information content (AvgIpc) is 2.91. The summed E-state index contributed by atoms with van der Waals surface area (Å²) in [5.41, 5.74) is 0. The Hall–Kier alpha value is 0.150. The molecule has 2 fully saturated rings. The molecule has 2 saturated heterocycles. The summed E-state index contributed by atoms with van der Waals surface area (Å²) in [5, 5.41) is 3.24. The fraction of sp³-hybridized carbons (Fsp3) is 0.600. The highest BCUT2D eigenvalue weighted by Crippen LogP contribution is 2.39. The van der Waals surface area contributed by atoms with Crippen molar-refractivity contribution < 1.29 is 8.42 Å². The number of sulfonamides is 1. The Morgan fingerprint density at radius 1 is 1.39 bits per heavy atom. The molecule has 1 aromatic rings. The average molecular weight is 327 g/mol. The summed E-state index contributed by atoms with van der Waals surface area (Å²) in [6, 6.07) is 1.50. The maximum Gasteiger partial charge on any atom is 0.245 e. The van der Waals surface area contributed by atoms with Crippen LogP contribution in [-0.2, 0) is 10.0 Å². The van der Waals surface area contributed by atoms with Crippen LogP contribution >= 0.6 is 34.5 Å². The summed E-state index contributed by atoms with van der Waals surface area (Å²) < 4.78 is 27.4. The van der Waals surface area contributed by atoms with Crippen molar-refractivity contribution in [3.05, 3.63) is 14.7 Å². The van der Waals surface area contributed by atoms with E-state index in [0.717, 1.165) is 30.8 Å². The first kappa shape index (κ1) is 13.1. The van der Waals surface area contributed by atoms with Crippen LogP contribution < -0.4 is 5.32 Å². The smallest absolute Gasteiger partial charge is 0.245 e. The van der Waals surface area contributed by atoms with Gasteiger partial charge in [-0.1, -0.05) is 23.2 Å². The molecule has 1 N–H and O–H groups in total. The molecule has 0 aliphatic carbocycles. The Balaban J connectivity index is 1.98. The van der Waals surface area contributed by atoms with Crippen molar-refractivity contribution >= 4 is 44.6 Å². The molecule has 0 spiro atoms. The summed E-state index contributed by atoms with van der Waals surface area (Å²) in [4.78, 5) is 0.145. The van der Waals surface area contributed by atoms with Crippen molar-refractivity contribution in [2.45, 2.75) is 17.4 Å². The van der Waals surface area contributed by atoms with Gasteiger partial charge in [-0.25, -0.2) is 8.42 Å². The Bertz CT molecular complexity index is 572. The zero-order valence-corrected chi connectivity index (χ0v) is 12.5. The second-order valence-electron chi connectivity index (χ2n) is 4.58. The summed E-state index contributed by atoms with van der Waals surface area (Å²) >= 11 is 12.9. The third-order valence-electron chi connectivity index (χ3n) is 3.61. The maximum atomic E-state index is 12.6. The molecule has 2 aliphatic rings. The first-order valence-electron chi connectivity index (χ1n) is 5.67. The standard InChI is InChI=1S/C10H12Cl2N2O2S2/c11-9-3-8(10(12)17-9)18(15,16)14-2-1-6-4-13-5-7(6)14/h3,6-7,13H,1-2,4-5H2/t6-,7+/m0/s1.